The van der Waals surface area contributed by atoms with Crippen molar-refractivity contribution in [1.82, 2.24) is 24.4 Å². The standard InChI is InChI=1S/C31H21N5O3S/c1-2-16-38-24-14-12-20(13-15-24)29-32-31-36(34-29)30(37)27(40-31)18-22-19-35(23-9-4-3-5-10-23)33-28(22)26-17-21-8-6-7-11-25(21)39-26/h2-15,17-19H,1,16H2. The summed E-state index contributed by atoms with van der Waals surface area (Å²) in [6.45, 7) is 4.09. The summed E-state index contributed by atoms with van der Waals surface area (Å²) in [4.78, 5) is 18.5. The summed E-state index contributed by atoms with van der Waals surface area (Å²) >= 11 is 1.28. The number of aromatic nitrogens is 5. The Balaban J connectivity index is 1.30. The highest BCUT2D eigenvalue weighted by Crippen LogP contribution is 2.30. The van der Waals surface area contributed by atoms with E-state index in [0.29, 0.717) is 33.4 Å². The van der Waals surface area contributed by atoms with E-state index >= 15 is 0 Å². The van der Waals surface area contributed by atoms with Crippen LogP contribution in [0.3, 0.4) is 0 Å². The van der Waals surface area contributed by atoms with Crippen LogP contribution in [0, 0.1) is 0 Å². The molecule has 0 bridgehead atoms. The van der Waals surface area contributed by atoms with Crippen LogP contribution in [0.1, 0.15) is 5.56 Å². The van der Waals surface area contributed by atoms with Crippen molar-refractivity contribution in [2.75, 3.05) is 6.61 Å². The van der Waals surface area contributed by atoms with Gasteiger partial charge in [-0.1, -0.05) is 60.4 Å². The van der Waals surface area contributed by atoms with Crippen molar-refractivity contribution in [3.05, 3.63) is 124 Å². The molecule has 0 saturated carbocycles. The highest BCUT2D eigenvalue weighted by Gasteiger charge is 2.17. The van der Waals surface area contributed by atoms with Crippen molar-refractivity contribution in [2.45, 2.75) is 0 Å². The molecule has 0 aliphatic rings. The number of nitrogens with zero attached hydrogens (tertiary/aromatic N) is 5. The first kappa shape index (κ1) is 23.8. The summed E-state index contributed by atoms with van der Waals surface area (Å²) < 4.78 is 15.3. The largest absolute Gasteiger partial charge is 0.490 e. The first-order valence-corrected chi connectivity index (χ1v) is 13.4. The average Bonchev–Trinajstić information content (AvgIpc) is 3.77. The molecule has 4 aromatic heterocycles. The van der Waals surface area contributed by atoms with Gasteiger partial charge in [0.25, 0.3) is 5.56 Å². The van der Waals surface area contributed by atoms with Crippen LogP contribution in [-0.2, 0) is 0 Å². The number of hydrogen-bond acceptors (Lipinski definition) is 7. The quantitative estimate of drug-likeness (QED) is 0.246. The maximum absolute atomic E-state index is 13.4. The summed E-state index contributed by atoms with van der Waals surface area (Å²) in [6.07, 6.45) is 5.41. The lowest BCUT2D eigenvalue weighted by Gasteiger charge is -2.02. The smallest absolute Gasteiger partial charge is 0.291 e. The van der Waals surface area contributed by atoms with Gasteiger partial charge in [-0.3, -0.25) is 4.79 Å². The number of ether oxygens (including phenoxy) is 1. The van der Waals surface area contributed by atoms with Gasteiger partial charge in [-0.2, -0.15) is 14.6 Å². The van der Waals surface area contributed by atoms with E-state index in [1.165, 1.54) is 15.9 Å². The highest BCUT2D eigenvalue weighted by atomic mass is 32.1. The predicted octanol–water partition coefficient (Wildman–Crippen LogP) is 5.53. The number of fused-ring (bicyclic) bond motifs is 2. The first-order valence-electron chi connectivity index (χ1n) is 12.6. The Kier molecular flexibility index (Phi) is 5.83. The van der Waals surface area contributed by atoms with E-state index in [4.69, 9.17) is 14.3 Å². The van der Waals surface area contributed by atoms with Crippen LogP contribution in [0.25, 0.3) is 50.5 Å². The molecule has 4 heterocycles. The lowest BCUT2D eigenvalue weighted by Crippen LogP contribution is -2.23. The van der Waals surface area contributed by atoms with Crippen molar-refractivity contribution >= 4 is 33.3 Å². The SMILES string of the molecule is C=CCOc1ccc(-c2nc3sc(=Cc4cn(-c5ccccc5)nc4-c4cc5ccccc5o4)c(=O)n3n2)cc1. The molecule has 0 saturated heterocycles. The van der Waals surface area contributed by atoms with Crippen LogP contribution >= 0.6 is 11.3 Å². The fourth-order valence-corrected chi connectivity index (χ4v) is 5.35. The van der Waals surface area contributed by atoms with Gasteiger partial charge < -0.3 is 9.15 Å². The lowest BCUT2D eigenvalue weighted by atomic mass is 10.2. The van der Waals surface area contributed by atoms with Gasteiger partial charge in [-0.05, 0) is 54.6 Å². The molecule has 8 nitrogen and oxygen atoms in total. The van der Waals surface area contributed by atoms with E-state index in [9.17, 15) is 4.79 Å². The van der Waals surface area contributed by atoms with Crippen LogP contribution in [0.5, 0.6) is 5.75 Å². The summed E-state index contributed by atoms with van der Waals surface area (Å²) in [7, 11) is 0. The molecule has 0 aliphatic heterocycles. The van der Waals surface area contributed by atoms with Gasteiger partial charge >= 0.3 is 0 Å². The van der Waals surface area contributed by atoms with Crippen LogP contribution in [-0.4, -0.2) is 31.0 Å². The third kappa shape index (κ3) is 4.28. The minimum atomic E-state index is -0.243. The highest BCUT2D eigenvalue weighted by molar-refractivity contribution is 7.15. The molecular formula is C31H21N5O3S. The molecule has 0 amide bonds. The first-order chi connectivity index (χ1) is 19.7. The van der Waals surface area contributed by atoms with E-state index in [2.05, 4.69) is 16.7 Å². The van der Waals surface area contributed by atoms with Crippen LogP contribution in [0.15, 0.2) is 113 Å². The number of para-hydroxylation sites is 2. The Morgan fingerprint density at radius 3 is 2.55 bits per heavy atom. The van der Waals surface area contributed by atoms with Gasteiger partial charge in [0.05, 0.1) is 10.2 Å². The molecule has 0 unspecified atom stereocenters. The van der Waals surface area contributed by atoms with Gasteiger partial charge in [-0.15, -0.1) is 5.10 Å². The Hall–Kier alpha value is -5.28. The molecule has 0 fully saturated rings. The van der Waals surface area contributed by atoms with E-state index in [0.717, 1.165) is 33.5 Å². The van der Waals surface area contributed by atoms with Gasteiger partial charge in [0.1, 0.15) is 23.6 Å². The molecular weight excluding hydrogens is 522 g/mol. The fourth-order valence-electron chi connectivity index (χ4n) is 4.45. The normalized spacial score (nSPS) is 11.9. The average molecular weight is 544 g/mol. The summed E-state index contributed by atoms with van der Waals surface area (Å²) in [5, 5.41) is 10.3. The molecule has 0 N–H and O–H groups in total. The topological polar surface area (TPSA) is 87.5 Å². The Morgan fingerprint density at radius 1 is 0.975 bits per heavy atom. The summed E-state index contributed by atoms with van der Waals surface area (Å²) in [6, 6.07) is 27.0. The third-order valence-corrected chi connectivity index (χ3v) is 7.33. The van der Waals surface area contributed by atoms with E-state index in [1.807, 2.05) is 97.2 Å². The third-order valence-electron chi connectivity index (χ3n) is 6.37. The molecule has 7 aromatic rings. The number of benzene rings is 3. The Morgan fingerprint density at radius 2 is 1.77 bits per heavy atom. The second kappa shape index (κ2) is 9.79. The number of hydrogen-bond donors (Lipinski definition) is 0. The van der Waals surface area contributed by atoms with Crippen molar-refractivity contribution < 1.29 is 9.15 Å². The second-order valence-corrected chi connectivity index (χ2v) is 10.0. The summed E-state index contributed by atoms with van der Waals surface area (Å²) in [5.74, 6) is 1.82. The minimum absolute atomic E-state index is 0.243. The molecule has 0 spiro atoms. The maximum Gasteiger partial charge on any atom is 0.291 e. The van der Waals surface area contributed by atoms with E-state index in [1.54, 1.807) is 10.8 Å². The van der Waals surface area contributed by atoms with Gasteiger partial charge in [0, 0.05) is 22.7 Å². The zero-order chi connectivity index (χ0) is 27.1. The van der Waals surface area contributed by atoms with Gasteiger partial charge in [0.2, 0.25) is 4.96 Å². The van der Waals surface area contributed by atoms with E-state index < -0.39 is 0 Å². The molecule has 0 aliphatic carbocycles. The molecule has 0 atom stereocenters. The Labute approximate surface area is 231 Å². The molecule has 3 aromatic carbocycles. The Bertz CT molecular complexity index is 2070. The van der Waals surface area contributed by atoms with Crippen molar-refractivity contribution in [3.8, 4) is 34.3 Å². The minimum Gasteiger partial charge on any atom is -0.490 e. The number of rotatable bonds is 7. The summed E-state index contributed by atoms with van der Waals surface area (Å²) in [5.41, 5.74) is 3.61. The second-order valence-electron chi connectivity index (χ2n) is 9.03. The molecule has 9 heteroatoms. The van der Waals surface area contributed by atoms with Crippen LogP contribution in [0.4, 0.5) is 0 Å². The monoisotopic (exact) mass is 543 g/mol. The maximum atomic E-state index is 13.4. The predicted molar refractivity (Wildman–Crippen MR) is 156 cm³/mol. The van der Waals surface area contributed by atoms with Gasteiger partial charge in [0.15, 0.2) is 11.6 Å². The molecule has 7 rings (SSSR count). The number of furan rings is 1. The van der Waals surface area contributed by atoms with Crippen LogP contribution < -0.4 is 14.8 Å². The molecule has 194 valence electrons. The molecule has 0 radical (unpaired) electrons. The van der Waals surface area contributed by atoms with E-state index in [-0.39, 0.29) is 5.56 Å². The van der Waals surface area contributed by atoms with Gasteiger partial charge in [-0.25, -0.2) is 4.68 Å². The van der Waals surface area contributed by atoms with Crippen molar-refractivity contribution in [2.24, 2.45) is 0 Å². The zero-order valence-corrected chi connectivity index (χ0v) is 21.9. The van der Waals surface area contributed by atoms with Crippen LogP contribution in [0.2, 0.25) is 0 Å². The van der Waals surface area contributed by atoms with Crippen molar-refractivity contribution in [3.63, 3.8) is 0 Å². The zero-order valence-electron chi connectivity index (χ0n) is 21.1. The fraction of sp³-hybridized carbons (Fsp3) is 0.0323. The molecule has 40 heavy (non-hydrogen) atoms. The number of thiazole rings is 1. The lowest BCUT2D eigenvalue weighted by molar-refractivity contribution is 0.363. The van der Waals surface area contributed by atoms with Crippen molar-refractivity contribution in [1.29, 1.82) is 0 Å².